The lowest BCUT2D eigenvalue weighted by Gasteiger charge is -2.38. The summed E-state index contributed by atoms with van der Waals surface area (Å²) in [4.78, 5) is 25.4. The van der Waals surface area contributed by atoms with Gasteiger partial charge in [-0.15, -0.1) is 0 Å². The van der Waals surface area contributed by atoms with Gasteiger partial charge in [-0.3, -0.25) is 15.0 Å². The van der Waals surface area contributed by atoms with Crippen molar-refractivity contribution in [1.82, 2.24) is 10.7 Å². The quantitative estimate of drug-likeness (QED) is 0.324. The van der Waals surface area contributed by atoms with E-state index in [4.69, 9.17) is 5.84 Å². The normalized spacial score (nSPS) is 19.4. The lowest BCUT2D eigenvalue weighted by molar-refractivity contribution is -0.128. The number of carbonyl (C=O) groups excluding carboxylic acids is 2. The topological polar surface area (TPSA) is 84.2 Å². The monoisotopic (exact) mass is 439 g/mol. The van der Waals surface area contributed by atoms with Crippen molar-refractivity contribution in [1.29, 1.82) is 0 Å². The molecule has 0 bridgehead atoms. The third kappa shape index (κ3) is 3.62. The maximum atomic E-state index is 15.1. The molecule has 1 aliphatic heterocycles. The number of hydrogen-bond acceptors (Lipinski definition) is 3. The minimum absolute atomic E-state index is 0.189. The van der Waals surface area contributed by atoms with Gasteiger partial charge >= 0.3 is 0 Å². The van der Waals surface area contributed by atoms with Crippen molar-refractivity contribution < 1.29 is 22.8 Å². The van der Waals surface area contributed by atoms with Gasteiger partial charge in [0.15, 0.2) is 0 Å². The molecule has 0 spiro atoms. The highest BCUT2D eigenvalue weighted by molar-refractivity contribution is 5.90. The highest BCUT2D eigenvalue weighted by Crippen LogP contribution is 2.52. The number of benzene rings is 3. The minimum atomic E-state index is -1.39. The highest BCUT2D eigenvalue weighted by atomic mass is 19.1. The van der Waals surface area contributed by atoms with E-state index >= 15 is 4.39 Å². The van der Waals surface area contributed by atoms with Crippen LogP contribution in [0.1, 0.15) is 29.0 Å². The van der Waals surface area contributed by atoms with Crippen molar-refractivity contribution in [2.45, 2.75) is 17.9 Å². The molecule has 164 valence electrons. The van der Waals surface area contributed by atoms with Crippen molar-refractivity contribution in [2.24, 2.45) is 11.8 Å². The fourth-order valence-corrected chi connectivity index (χ4v) is 4.56. The second kappa shape index (κ2) is 8.47. The summed E-state index contributed by atoms with van der Waals surface area (Å²) in [5.74, 6) is 0.683. The van der Waals surface area contributed by atoms with E-state index in [0.29, 0.717) is 11.1 Å². The van der Waals surface area contributed by atoms with Crippen molar-refractivity contribution in [3.8, 4) is 0 Å². The number of hydrogen-bond donors (Lipinski definition) is 3. The highest BCUT2D eigenvalue weighted by Gasteiger charge is 2.56. The lowest BCUT2D eigenvalue weighted by Crippen LogP contribution is -2.43. The van der Waals surface area contributed by atoms with Gasteiger partial charge in [-0.2, -0.15) is 0 Å². The van der Waals surface area contributed by atoms with Gasteiger partial charge in [0.1, 0.15) is 17.5 Å². The van der Waals surface area contributed by atoms with E-state index in [1.165, 1.54) is 66.7 Å². The molecule has 1 aliphatic rings. The zero-order valence-electron chi connectivity index (χ0n) is 16.8. The zero-order valence-corrected chi connectivity index (χ0v) is 16.8. The van der Waals surface area contributed by atoms with Gasteiger partial charge < -0.3 is 5.32 Å². The molecule has 1 unspecified atom stereocenters. The maximum Gasteiger partial charge on any atom is 0.234 e. The second-order valence-corrected chi connectivity index (χ2v) is 7.69. The van der Waals surface area contributed by atoms with Crippen LogP contribution in [0.3, 0.4) is 0 Å². The standard InChI is InChI=1S/C24H20F3N3O2/c25-16-9-5-14(6-10-16)24(15-7-11-17(26)12-8-15)22(18-3-1-2-4-20(18)27)19(23(32)29-24)13-21(31)30-28/h1-12,19,22H,13,28H2,(H,29,32)(H,30,31)/t19-,22?/m0/s1. The summed E-state index contributed by atoms with van der Waals surface area (Å²) in [5, 5.41) is 2.92. The fraction of sp³-hybridized carbons (Fsp3) is 0.167. The smallest absolute Gasteiger partial charge is 0.234 e. The SMILES string of the molecule is NNC(=O)C[C@@H]1C(=O)NC(c2ccc(F)cc2)(c2ccc(F)cc2)C1c1ccccc1F. The zero-order chi connectivity index (χ0) is 22.9. The Kier molecular flexibility index (Phi) is 5.71. The molecular formula is C24H20F3N3O2. The van der Waals surface area contributed by atoms with Crippen LogP contribution < -0.4 is 16.6 Å². The van der Waals surface area contributed by atoms with Gasteiger partial charge in [-0.05, 0) is 47.0 Å². The second-order valence-electron chi connectivity index (χ2n) is 7.69. The molecule has 0 saturated carbocycles. The van der Waals surface area contributed by atoms with Crippen LogP contribution >= 0.6 is 0 Å². The van der Waals surface area contributed by atoms with E-state index < -0.39 is 46.6 Å². The molecule has 4 N–H and O–H groups in total. The Balaban J connectivity index is 2.02. The van der Waals surface area contributed by atoms with Crippen LogP contribution in [0.2, 0.25) is 0 Å². The van der Waals surface area contributed by atoms with Crippen molar-refractivity contribution in [3.05, 3.63) is 107 Å². The van der Waals surface area contributed by atoms with Gasteiger partial charge in [0.25, 0.3) is 0 Å². The molecule has 8 heteroatoms. The van der Waals surface area contributed by atoms with Gasteiger partial charge in [-0.25, -0.2) is 19.0 Å². The molecule has 3 aromatic rings. The molecule has 1 heterocycles. The number of nitrogens with two attached hydrogens (primary N) is 1. The van der Waals surface area contributed by atoms with Gasteiger partial charge in [-0.1, -0.05) is 42.5 Å². The summed E-state index contributed by atoms with van der Waals surface area (Å²) in [6, 6.07) is 16.8. The Hall–Kier alpha value is -3.65. The predicted molar refractivity (Wildman–Crippen MR) is 111 cm³/mol. The van der Waals surface area contributed by atoms with Crippen LogP contribution in [0.4, 0.5) is 13.2 Å². The van der Waals surface area contributed by atoms with E-state index in [9.17, 15) is 18.4 Å². The van der Waals surface area contributed by atoms with Gasteiger partial charge in [0, 0.05) is 12.3 Å². The molecule has 2 atom stereocenters. The van der Waals surface area contributed by atoms with Crippen LogP contribution in [0, 0.1) is 23.4 Å². The summed E-state index contributed by atoms with van der Waals surface area (Å²) in [5.41, 5.74) is 1.73. The molecular weight excluding hydrogens is 419 g/mol. The van der Waals surface area contributed by atoms with Crippen LogP contribution in [-0.2, 0) is 15.1 Å². The summed E-state index contributed by atoms with van der Waals surface area (Å²) >= 11 is 0. The van der Waals surface area contributed by atoms with E-state index in [2.05, 4.69) is 5.32 Å². The number of amides is 2. The predicted octanol–water partition coefficient (Wildman–Crippen LogP) is 3.26. The molecule has 3 aromatic carbocycles. The first-order chi connectivity index (χ1) is 15.4. The van der Waals surface area contributed by atoms with Crippen molar-refractivity contribution >= 4 is 11.8 Å². The average molecular weight is 439 g/mol. The molecule has 5 nitrogen and oxygen atoms in total. The number of halogens is 3. The Morgan fingerprint density at radius 3 is 1.94 bits per heavy atom. The molecule has 0 aliphatic carbocycles. The van der Waals surface area contributed by atoms with Crippen LogP contribution in [0.25, 0.3) is 0 Å². The van der Waals surface area contributed by atoms with Crippen molar-refractivity contribution in [3.63, 3.8) is 0 Å². The minimum Gasteiger partial charge on any atom is -0.342 e. The molecule has 2 amide bonds. The van der Waals surface area contributed by atoms with E-state index in [0.717, 1.165) is 0 Å². The van der Waals surface area contributed by atoms with Gasteiger partial charge in [0.2, 0.25) is 11.8 Å². The first-order valence-electron chi connectivity index (χ1n) is 9.95. The summed E-state index contributed by atoms with van der Waals surface area (Å²) in [7, 11) is 0. The molecule has 32 heavy (non-hydrogen) atoms. The Morgan fingerprint density at radius 1 is 0.906 bits per heavy atom. The number of nitrogens with one attached hydrogen (secondary N) is 2. The van der Waals surface area contributed by atoms with Crippen LogP contribution in [-0.4, -0.2) is 11.8 Å². The summed E-state index contributed by atoms with van der Waals surface area (Å²) < 4.78 is 42.6. The third-order valence-corrected chi connectivity index (χ3v) is 5.93. The largest absolute Gasteiger partial charge is 0.342 e. The Bertz CT molecular complexity index is 1100. The fourth-order valence-electron chi connectivity index (χ4n) is 4.56. The average Bonchev–Trinajstić information content (AvgIpc) is 3.07. The lowest BCUT2D eigenvalue weighted by atomic mass is 9.67. The summed E-state index contributed by atoms with van der Waals surface area (Å²) in [6.45, 7) is 0. The Labute approximate surface area is 182 Å². The molecule has 4 rings (SSSR count). The number of carbonyl (C=O) groups is 2. The van der Waals surface area contributed by atoms with Crippen molar-refractivity contribution in [2.75, 3.05) is 0 Å². The van der Waals surface area contributed by atoms with E-state index in [1.807, 2.05) is 5.43 Å². The molecule has 1 saturated heterocycles. The van der Waals surface area contributed by atoms with Crippen LogP contribution in [0.15, 0.2) is 72.8 Å². The number of hydrazine groups is 1. The first kappa shape index (κ1) is 21.6. The maximum absolute atomic E-state index is 15.1. The van der Waals surface area contributed by atoms with E-state index in [1.54, 1.807) is 6.07 Å². The van der Waals surface area contributed by atoms with Gasteiger partial charge in [0.05, 0.1) is 11.5 Å². The number of rotatable bonds is 5. The molecule has 1 fully saturated rings. The molecule has 0 aromatic heterocycles. The van der Waals surface area contributed by atoms with E-state index in [-0.39, 0.29) is 12.0 Å². The first-order valence-corrected chi connectivity index (χ1v) is 9.95. The third-order valence-electron chi connectivity index (χ3n) is 5.93. The Morgan fingerprint density at radius 2 is 1.44 bits per heavy atom. The van der Waals surface area contributed by atoms with Crippen LogP contribution in [0.5, 0.6) is 0 Å². The summed E-state index contributed by atoms with van der Waals surface area (Å²) in [6.07, 6.45) is -0.300. The molecule has 0 radical (unpaired) electrons.